The predicted octanol–water partition coefficient (Wildman–Crippen LogP) is -0.657. The summed E-state index contributed by atoms with van der Waals surface area (Å²) >= 11 is 5.56. The van der Waals surface area contributed by atoms with Gasteiger partial charge in [0, 0.05) is 4.91 Å². The highest BCUT2D eigenvalue weighted by Gasteiger charge is 2.42. The maximum absolute atomic E-state index is 9.48. The summed E-state index contributed by atoms with van der Waals surface area (Å²) in [6.07, 6.45) is -3.50. The Labute approximate surface area is 84.5 Å². The molecule has 0 aromatic carbocycles. The van der Waals surface area contributed by atoms with Crippen molar-refractivity contribution in [2.45, 2.75) is 29.9 Å². The van der Waals surface area contributed by atoms with Crippen LogP contribution in [0.25, 0.3) is 10.4 Å². The van der Waals surface area contributed by atoms with E-state index in [1.54, 1.807) is 0 Å². The molecule has 0 spiro atoms. The number of azide groups is 1. The van der Waals surface area contributed by atoms with E-state index in [2.05, 4.69) is 10.0 Å². The lowest BCUT2D eigenvalue weighted by atomic mass is 9.98. The highest BCUT2D eigenvalue weighted by atomic mass is 35.5. The van der Waals surface area contributed by atoms with E-state index in [4.69, 9.17) is 27.0 Å². The first-order valence-electron chi connectivity index (χ1n) is 3.92. The molecule has 7 nitrogen and oxygen atoms in total. The van der Waals surface area contributed by atoms with Gasteiger partial charge in [0.15, 0.2) is 5.56 Å². The number of nitrogens with zero attached hydrogens (tertiary/aromatic N) is 3. The van der Waals surface area contributed by atoms with Crippen molar-refractivity contribution >= 4 is 11.6 Å². The van der Waals surface area contributed by atoms with Crippen LogP contribution in [-0.4, -0.2) is 51.8 Å². The minimum atomic E-state index is -1.29. The molecular weight excluding hydrogens is 214 g/mol. The van der Waals surface area contributed by atoms with Crippen molar-refractivity contribution in [3.63, 3.8) is 0 Å². The molecule has 1 heterocycles. The van der Waals surface area contributed by atoms with E-state index < -0.39 is 36.5 Å². The second-order valence-electron chi connectivity index (χ2n) is 2.88. The molecule has 1 aliphatic rings. The van der Waals surface area contributed by atoms with Gasteiger partial charge in [-0.15, -0.1) is 0 Å². The van der Waals surface area contributed by atoms with Crippen molar-refractivity contribution in [1.29, 1.82) is 0 Å². The Hall–Kier alpha value is -0.560. The van der Waals surface area contributed by atoms with Gasteiger partial charge in [-0.1, -0.05) is 16.7 Å². The van der Waals surface area contributed by atoms with Gasteiger partial charge in [0.2, 0.25) is 0 Å². The molecule has 5 atom stereocenters. The maximum atomic E-state index is 9.48. The molecule has 14 heavy (non-hydrogen) atoms. The molecule has 1 fully saturated rings. The average Bonchev–Trinajstić information content (AvgIpc) is 2.18. The molecule has 80 valence electrons. The fourth-order valence-corrected chi connectivity index (χ4v) is 1.53. The van der Waals surface area contributed by atoms with Gasteiger partial charge < -0.3 is 20.1 Å². The summed E-state index contributed by atoms with van der Waals surface area (Å²) in [5.41, 5.74) is 7.08. The Morgan fingerprint density at radius 3 is 2.57 bits per heavy atom. The highest BCUT2D eigenvalue weighted by molar-refractivity contribution is 6.20. The molecule has 3 N–H and O–H groups in total. The average molecular weight is 224 g/mol. The van der Waals surface area contributed by atoms with Crippen LogP contribution in [-0.2, 0) is 4.74 Å². The van der Waals surface area contributed by atoms with Crippen LogP contribution in [0, 0.1) is 0 Å². The van der Waals surface area contributed by atoms with Crippen LogP contribution in [0.2, 0.25) is 0 Å². The normalized spacial score (nSPS) is 43.0. The molecule has 0 aromatic rings. The lowest BCUT2D eigenvalue weighted by Gasteiger charge is -2.37. The van der Waals surface area contributed by atoms with Gasteiger partial charge in [-0.2, -0.15) is 0 Å². The summed E-state index contributed by atoms with van der Waals surface area (Å²) < 4.78 is 4.87. The SMILES string of the molecule is [N-]=[N+]=NC1C(O)[C@H](Cl)OC(CO)[C@@H]1O. The van der Waals surface area contributed by atoms with Crippen molar-refractivity contribution in [1.82, 2.24) is 0 Å². The fourth-order valence-electron chi connectivity index (χ4n) is 1.25. The summed E-state index contributed by atoms with van der Waals surface area (Å²) in [5.74, 6) is 0. The highest BCUT2D eigenvalue weighted by Crippen LogP contribution is 2.25. The zero-order valence-corrected chi connectivity index (χ0v) is 7.82. The lowest BCUT2D eigenvalue weighted by molar-refractivity contribution is -0.162. The Bertz CT molecular complexity index is 247. The van der Waals surface area contributed by atoms with Gasteiger partial charge in [0.1, 0.15) is 12.2 Å². The predicted molar refractivity (Wildman–Crippen MR) is 46.5 cm³/mol. The fraction of sp³-hybridized carbons (Fsp3) is 1.00. The minimum Gasteiger partial charge on any atom is -0.394 e. The molecule has 1 saturated heterocycles. The van der Waals surface area contributed by atoms with Gasteiger partial charge in [0.05, 0.1) is 18.8 Å². The van der Waals surface area contributed by atoms with Crippen LogP contribution >= 0.6 is 11.6 Å². The first-order chi connectivity index (χ1) is 6.61. The summed E-state index contributed by atoms with van der Waals surface area (Å²) in [5, 5.41) is 30.9. The van der Waals surface area contributed by atoms with Crippen LogP contribution < -0.4 is 0 Å². The first kappa shape index (κ1) is 11.5. The van der Waals surface area contributed by atoms with Crippen LogP contribution in [0.5, 0.6) is 0 Å². The van der Waals surface area contributed by atoms with E-state index in [1.165, 1.54) is 0 Å². The lowest BCUT2D eigenvalue weighted by Crippen LogP contribution is -2.56. The molecule has 0 aromatic heterocycles. The monoisotopic (exact) mass is 223 g/mol. The maximum Gasteiger partial charge on any atom is 0.157 e. The van der Waals surface area contributed by atoms with Crippen LogP contribution in [0.1, 0.15) is 0 Å². The van der Waals surface area contributed by atoms with Gasteiger partial charge >= 0.3 is 0 Å². The minimum absolute atomic E-state index is 0.464. The Kier molecular flexibility index (Phi) is 3.94. The Morgan fingerprint density at radius 2 is 2.07 bits per heavy atom. The first-order valence-corrected chi connectivity index (χ1v) is 4.36. The Morgan fingerprint density at radius 1 is 1.43 bits per heavy atom. The molecule has 0 aliphatic carbocycles. The smallest absolute Gasteiger partial charge is 0.157 e. The summed E-state index contributed by atoms with van der Waals surface area (Å²) in [4.78, 5) is 2.47. The number of hydrogen-bond donors (Lipinski definition) is 3. The van der Waals surface area contributed by atoms with Gasteiger partial charge in [-0.25, -0.2) is 0 Å². The summed E-state index contributed by atoms with van der Waals surface area (Å²) in [6, 6.07) is -1.10. The molecule has 8 heteroatoms. The molecule has 0 radical (unpaired) electrons. The number of aliphatic hydroxyl groups excluding tert-OH is 3. The quantitative estimate of drug-likeness (QED) is 0.249. The topological polar surface area (TPSA) is 119 Å². The third-order valence-corrected chi connectivity index (χ3v) is 2.38. The zero-order valence-electron chi connectivity index (χ0n) is 7.06. The zero-order chi connectivity index (χ0) is 10.7. The summed E-state index contributed by atoms with van der Waals surface area (Å²) in [7, 11) is 0. The van der Waals surface area contributed by atoms with E-state index in [0.717, 1.165) is 0 Å². The van der Waals surface area contributed by atoms with Crippen molar-refractivity contribution in [3.8, 4) is 0 Å². The summed E-state index contributed by atoms with van der Waals surface area (Å²) in [6.45, 7) is -0.464. The van der Waals surface area contributed by atoms with Gasteiger partial charge in [0.25, 0.3) is 0 Å². The number of halogens is 1. The second-order valence-corrected chi connectivity index (χ2v) is 3.32. The number of rotatable bonds is 2. The molecule has 0 bridgehead atoms. The third kappa shape index (κ3) is 2.09. The van der Waals surface area contributed by atoms with Crippen molar-refractivity contribution in [2.24, 2.45) is 5.11 Å². The van der Waals surface area contributed by atoms with E-state index >= 15 is 0 Å². The van der Waals surface area contributed by atoms with Crippen molar-refractivity contribution in [2.75, 3.05) is 6.61 Å². The molecule has 1 rings (SSSR count). The van der Waals surface area contributed by atoms with Crippen LogP contribution in [0.4, 0.5) is 0 Å². The molecule has 1 aliphatic heterocycles. The molecule has 0 saturated carbocycles. The standard InChI is InChI=1S/C6H10ClN3O4/c7-6-5(13)3(9-10-8)4(12)2(1-11)14-6/h2-6,11-13H,1H2/t2?,3?,4-,5?,6+/m0/s1. The van der Waals surface area contributed by atoms with E-state index in [9.17, 15) is 10.2 Å². The van der Waals surface area contributed by atoms with Crippen LogP contribution in [0.15, 0.2) is 5.11 Å². The van der Waals surface area contributed by atoms with E-state index in [1.807, 2.05) is 0 Å². The Balaban J connectivity index is 2.82. The number of ether oxygens (including phenoxy) is 1. The van der Waals surface area contributed by atoms with Crippen LogP contribution in [0.3, 0.4) is 0 Å². The van der Waals surface area contributed by atoms with Gasteiger partial charge in [-0.05, 0) is 5.53 Å². The number of alkyl halides is 1. The molecule has 3 unspecified atom stereocenters. The molecular formula is C6H10ClN3O4. The van der Waals surface area contributed by atoms with Gasteiger partial charge in [-0.3, -0.25) is 0 Å². The second kappa shape index (κ2) is 4.79. The number of hydrogen-bond acceptors (Lipinski definition) is 5. The van der Waals surface area contributed by atoms with E-state index in [0.29, 0.717) is 0 Å². The van der Waals surface area contributed by atoms with Crippen molar-refractivity contribution in [3.05, 3.63) is 10.4 Å². The largest absolute Gasteiger partial charge is 0.394 e. The molecule has 0 amide bonds. The third-order valence-electron chi connectivity index (χ3n) is 2.02. The number of aliphatic hydroxyl groups is 3. The van der Waals surface area contributed by atoms with E-state index in [-0.39, 0.29) is 0 Å². The van der Waals surface area contributed by atoms with Crippen molar-refractivity contribution < 1.29 is 20.1 Å².